The first-order valence-corrected chi connectivity index (χ1v) is 21.2. The number of carbonyl (C=O) groups excluding carboxylic acids is 4. The first kappa shape index (κ1) is 37.2. The summed E-state index contributed by atoms with van der Waals surface area (Å²) in [5, 5.41) is 6.35. The van der Waals surface area contributed by atoms with Gasteiger partial charge in [0.05, 0.1) is 33.8 Å². The first-order chi connectivity index (χ1) is 26.4. The van der Waals surface area contributed by atoms with Gasteiger partial charge in [-0.3, -0.25) is 23.9 Å². The minimum absolute atomic E-state index is 0.0230. The van der Waals surface area contributed by atoms with E-state index in [0.29, 0.717) is 54.8 Å². The van der Waals surface area contributed by atoms with E-state index in [4.69, 9.17) is 9.72 Å². The Balaban J connectivity index is 1.13. The number of benzene rings is 2. The zero-order valence-corrected chi connectivity index (χ0v) is 32.0. The number of amides is 3. The molecular formula is C40H42FN5O7S2. The van der Waals surface area contributed by atoms with Crippen LogP contribution in [0.25, 0.3) is 21.7 Å². The maximum absolute atomic E-state index is 14.6. The topological polar surface area (TPSA) is 165 Å². The number of hydrogen-bond acceptors (Lipinski definition) is 10. The lowest BCUT2D eigenvalue weighted by Gasteiger charge is -2.29. The number of ether oxygens (including phenoxy) is 1. The summed E-state index contributed by atoms with van der Waals surface area (Å²) in [7, 11) is -3.97. The number of aromatic nitrogens is 2. The van der Waals surface area contributed by atoms with Gasteiger partial charge in [-0.25, -0.2) is 22.8 Å². The molecule has 12 nitrogen and oxygen atoms in total. The minimum Gasteiger partial charge on any atom is -0.472 e. The first-order valence-electron chi connectivity index (χ1n) is 18.8. The Hall–Kier alpha value is -4.76. The Labute approximate surface area is 322 Å². The number of carbonyl (C=O) groups is 4. The summed E-state index contributed by atoms with van der Waals surface area (Å²) in [6, 6.07) is 9.61. The fraction of sp³-hybridized carbons (Fsp3) is 0.450. The van der Waals surface area contributed by atoms with Crippen LogP contribution in [0, 0.1) is 17.2 Å². The molecule has 0 spiro atoms. The molecule has 3 amide bonds. The van der Waals surface area contributed by atoms with E-state index in [-0.39, 0.29) is 36.9 Å². The number of nitrogens with zero attached hydrogens (tertiary/aromatic N) is 3. The van der Waals surface area contributed by atoms with Gasteiger partial charge in [-0.1, -0.05) is 43.2 Å². The molecule has 2 aliphatic carbocycles. The molecule has 2 aromatic heterocycles. The number of Topliss-reactive ketones (excluding diaryl/α,β-unsaturated/α-hetero) is 1. The molecule has 55 heavy (non-hydrogen) atoms. The number of thiazole rings is 1. The number of para-hydroxylation sites is 1. The standard InChI is InChI=1S/C40H42FN5O7S2/c1-39(15-16-39)55(51,52)45-38(50)40-19-24(40)9-5-3-2-4-6-12-31(43-35(48)32-22-54-23-42-32)37(49)46-21-26(18-33(46)34(47)20-40)53-36-28-14-13-25(41)17-29(28)27-10-7-8-11-30(27)44-36/h5,7-11,13-14,17,22-24,26,31,33H,2-4,6,12,15-16,18-21H2,1H3,(H,43,48)(H,45,50)/b9-5-/t24-,26-,31+,33+,40-/m1/s1. The van der Waals surface area contributed by atoms with Crippen molar-refractivity contribution in [3.05, 3.63) is 77.0 Å². The Morgan fingerprint density at radius 2 is 1.87 bits per heavy atom. The molecule has 1 saturated heterocycles. The van der Waals surface area contributed by atoms with Gasteiger partial charge in [0.15, 0.2) is 5.78 Å². The number of rotatable bonds is 7. The van der Waals surface area contributed by atoms with E-state index in [2.05, 4.69) is 15.0 Å². The summed E-state index contributed by atoms with van der Waals surface area (Å²) in [6.07, 6.45) is 7.35. The molecule has 4 aromatic rings. The van der Waals surface area contributed by atoms with E-state index >= 15 is 0 Å². The van der Waals surface area contributed by atoms with Gasteiger partial charge >= 0.3 is 0 Å². The molecule has 2 N–H and O–H groups in total. The predicted molar refractivity (Wildman–Crippen MR) is 204 cm³/mol. The van der Waals surface area contributed by atoms with Crippen LogP contribution in [0.4, 0.5) is 4.39 Å². The smallest absolute Gasteiger partial charge is 0.271 e. The van der Waals surface area contributed by atoms with Crippen molar-refractivity contribution in [2.45, 2.75) is 94.1 Å². The zero-order chi connectivity index (χ0) is 38.5. The third kappa shape index (κ3) is 7.23. The van der Waals surface area contributed by atoms with Gasteiger partial charge in [-0.05, 0) is 81.0 Å². The summed E-state index contributed by atoms with van der Waals surface area (Å²) in [4.78, 5) is 66.7. The maximum atomic E-state index is 14.6. The van der Waals surface area contributed by atoms with E-state index in [9.17, 15) is 32.0 Å². The fourth-order valence-corrected chi connectivity index (χ4v) is 9.85. The summed E-state index contributed by atoms with van der Waals surface area (Å²) >= 11 is 1.26. The molecule has 4 aliphatic rings. The second-order valence-electron chi connectivity index (χ2n) is 15.6. The Morgan fingerprint density at radius 1 is 1.05 bits per heavy atom. The van der Waals surface area contributed by atoms with E-state index < -0.39 is 67.7 Å². The fourth-order valence-electron chi connectivity index (χ4n) is 7.99. The van der Waals surface area contributed by atoms with Crippen LogP contribution in [0.3, 0.4) is 0 Å². The van der Waals surface area contributed by atoms with Gasteiger partial charge < -0.3 is 15.0 Å². The highest BCUT2D eigenvalue weighted by Gasteiger charge is 2.62. The molecule has 0 radical (unpaired) electrons. The number of sulfonamides is 1. The molecule has 8 rings (SSSR count). The second kappa shape index (κ2) is 14.4. The number of allylic oxidation sites excluding steroid dienone is 2. The number of pyridine rings is 1. The van der Waals surface area contributed by atoms with Crippen LogP contribution in [-0.2, 0) is 24.4 Å². The average Bonchev–Trinajstić information content (AvgIpc) is 3.91. The van der Waals surface area contributed by atoms with Crippen LogP contribution >= 0.6 is 11.3 Å². The van der Waals surface area contributed by atoms with Crippen molar-refractivity contribution in [1.29, 1.82) is 0 Å². The van der Waals surface area contributed by atoms with Gasteiger partial charge in [-0.2, -0.15) is 0 Å². The molecular weight excluding hydrogens is 746 g/mol. The monoisotopic (exact) mass is 787 g/mol. The van der Waals surface area contributed by atoms with Crippen molar-refractivity contribution in [3.8, 4) is 5.88 Å². The highest BCUT2D eigenvalue weighted by molar-refractivity contribution is 7.91. The Bertz CT molecular complexity index is 2330. The largest absolute Gasteiger partial charge is 0.472 e. The van der Waals surface area contributed by atoms with E-state index in [1.165, 1.54) is 33.9 Å². The summed E-state index contributed by atoms with van der Waals surface area (Å²) in [5.74, 6) is -2.63. The molecule has 3 fully saturated rings. The zero-order valence-electron chi connectivity index (χ0n) is 30.3. The van der Waals surface area contributed by atoms with Crippen molar-refractivity contribution >= 4 is 66.5 Å². The lowest BCUT2D eigenvalue weighted by Crippen LogP contribution is -2.52. The number of fused-ring (bicyclic) bond motifs is 5. The lowest BCUT2D eigenvalue weighted by atomic mass is 9.91. The van der Waals surface area contributed by atoms with Gasteiger partial charge in [0.1, 0.15) is 23.7 Å². The highest BCUT2D eigenvalue weighted by Crippen LogP contribution is 2.57. The number of hydrogen-bond donors (Lipinski definition) is 2. The van der Waals surface area contributed by atoms with E-state index in [0.717, 1.165) is 18.2 Å². The maximum Gasteiger partial charge on any atom is 0.271 e. The normalized spacial score (nSPS) is 27.3. The highest BCUT2D eigenvalue weighted by atomic mass is 32.2. The van der Waals surface area contributed by atoms with Crippen LogP contribution < -0.4 is 14.8 Å². The third-order valence-electron chi connectivity index (χ3n) is 11.7. The van der Waals surface area contributed by atoms with Crippen LogP contribution in [0.2, 0.25) is 0 Å². The van der Waals surface area contributed by atoms with Crippen molar-refractivity contribution in [1.82, 2.24) is 24.9 Å². The molecule has 2 aromatic carbocycles. The van der Waals surface area contributed by atoms with Crippen molar-refractivity contribution in [2.75, 3.05) is 6.54 Å². The molecule has 15 heteroatoms. The van der Waals surface area contributed by atoms with Crippen LogP contribution in [0.15, 0.2) is 65.5 Å². The van der Waals surface area contributed by atoms with Crippen LogP contribution in [0.5, 0.6) is 5.88 Å². The molecule has 0 unspecified atom stereocenters. The van der Waals surface area contributed by atoms with Gasteiger partial charge in [0.2, 0.25) is 27.7 Å². The second-order valence-corrected chi connectivity index (χ2v) is 18.5. The summed E-state index contributed by atoms with van der Waals surface area (Å²) < 4.78 is 48.7. The number of nitrogens with one attached hydrogen (secondary N) is 2. The SMILES string of the molecule is CC1(S(=O)(=O)NC(=O)[C@]23CC(=O)[C@@H]4C[C@@H](Oc5nc6ccccc6c6cc(F)ccc56)CN4C(=O)[C@@H](NC(=O)c4cscn4)CCCCC/C=C\[C@@H]2C3)CC1. The number of halogens is 1. The Kier molecular flexibility index (Phi) is 9.73. The molecule has 5 atom stereocenters. The van der Waals surface area contributed by atoms with Gasteiger partial charge in [0, 0.05) is 29.0 Å². The molecule has 0 bridgehead atoms. The Morgan fingerprint density at radius 3 is 2.65 bits per heavy atom. The van der Waals surface area contributed by atoms with Gasteiger partial charge in [-0.15, -0.1) is 11.3 Å². The van der Waals surface area contributed by atoms with Crippen molar-refractivity contribution in [2.24, 2.45) is 11.3 Å². The van der Waals surface area contributed by atoms with Crippen molar-refractivity contribution < 1.29 is 36.7 Å². The molecule has 4 heterocycles. The van der Waals surface area contributed by atoms with E-state index in [1.807, 2.05) is 30.4 Å². The van der Waals surface area contributed by atoms with Crippen LogP contribution in [-0.4, -0.2) is 76.3 Å². The lowest BCUT2D eigenvalue weighted by molar-refractivity contribution is -0.140. The summed E-state index contributed by atoms with van der Waals surface area (Å²) in [5.41, 5.74) is 1.00. The molecule has 288 valence electrons. The average molecular weight is 788 g/mol. The summed E-state index contributed by atoms with van der Waals surface area (Å²) in [6.45, 7) is 1.58. The molecule has 2 saturated carbocycles. The van der Waals surface area contributed by atoms with Crippen LogP contribution in [0.1, 0.15) is 81.6 Å². The number of ketones is 1. The predicted octanol–water partition coefficient (Wildman–Crippen LogP) is 5.61. The van der Waals surface area contributed by atoms with Crippen molar-refractivity contribution in [3.63, 3.8) is 0 Å². The molecule has 2 aliphatic heterocycles. The van der Waals surface area contributed by atoms with E-state index in [1.54, 1.807) is 24.4 Å². The minimum atomic E-state index is -3.97. The third-order valence-corrected chi connectivity index (χ3v) is 14.5. The van der Waals surface area contributed by atoms with Gasteiger partial charge in [0.25, 0.3) is 5.91 Å². The quantitative estimate of drug-likeness (QED) is 0.179.